The van der Waals surface area contributed by atoms with Crippen LogP contribution in [-0.4, -0.2) is 23.1 Å². The molecule has 2 N–H and O–H groups in total. The minimum absolute atomic E-state index is 0.0518. The highest BCUT2D eigenvalue weighted by atomic mass is 16.5. The lowest BCUT2D eigenvalue weighted by Crippen LogP contribution is -2.32. The highest BCUT2D eigenvalue weighted by Crippen LogP contribution is 2.20. The Kier molecular flexibility index (Phi) is 5.36. The van der Waals surface area contributed by atoms with Gasteiger partial charge in [0.05, 0.1) is 0 Å². The molecule has 2 aromatic rings. The maximum atomic E-state index is 12.2. The van der Waals surface area contributed by atoms with Crippen molar-refractivity contribution in [2.75, 3.05) is 5.32 Å². The molecule has 120 valence electrons. The molecule has 0 saturated heterocycles. The summed E-state index contributed by atoms with van der Waals surface area (Å²) in [6.45, 7) is 3.55. The predicted octanol–water partition coefficient (Wildman–Crippen LogP) is 3.27. The molecule has 0 bridgehead atoms. The Bertz CT molecular complexity index is 697. The smallest absolute Gasteiger partial charge is 0.342 e. The van der Waals surface area contributed by atoms with Crippen LogP contribution >= 0.6 is 0 Å². The van der Waals surface area contributed by atoms with Crippen molar-refractivity contribution < 1.29 is 19.4 Å². The monoisotopic (exact) mass is 313 g/mol. The first-order valence-electron chi connectivity index (χ1n) is 7.37. The summed E-state index contributed by atoms with van der Waals surface area (Å²) < 4.78 is 5.24. The lowest BCUT2D eigenvalue weighted by atomic mass is 10.1. The average molecular weight is 313 g/mol. The van der Waals surface area contributed by atoms with E-state index in [4.69, 9.17) is 4.74 Å². The minimum Gasteiger partial charge on any atom is -0.507 e. The minimum atomic E-state index is -0.928. The fraction of sp³-hybridized carbons (Fsp3) is 0.222. The van der Waals surface area contributed by atoms with Crippen LogP contribution in [0.25, 0.3) is 0 Å². The second-order valence-corrected chi connectivity index (χ2v) is 5.18. The Morgan fingerprint density at radius 3 is 2.52 bits per heavy atom. The van der Waals surface area contributed by atoms with E-state index >= 15 is 0 Å². The van der Waals surface area contributed by atoms with Crippen molar-refractivity contribution in [2.24, 2.45) is 0 Å². The number of hydrogen-bond donors (Lipinski definition) is 2. The number of phenols is 1. The third-order valence-corrected chi connectivity index (χ3v) is 3.33. The highest BCUT2D eigenvalue weighted by molar-refractivity contribution is 5.98. The molecule has 1 atom stereocenters. The molecule has 0 saturated carbocycles. The predicted molar refractivity (Wildman–Crippen MR) is 87.4 cm³/mol. The number of ether oxygens (including phenoxy) is 1. The molecule has 23 heavy (non-hydrogen) atoms. The molecule has 0 aromatic heterocycles. The SMILES string of the molecule is CCC(OC(=O)c1cc(C)ccc1O)C(=O)Nc1ccccc1. The zero-order valence-electron chi connectivity index (χ0n) is 13.1. The summed E-state index contributed by atoms with van der Waals surface area (Å²) in [5, 5.41) is 12.5. The van der Waals surface area contributed by atoms with Gasteiger partial charge in [-0.25, -0.2) is 4.79 Å². The number of para-hydroxylation sites is 1. The number of carbonyl (C=O) groups excluding carboxylic acids is 2. The van der Waals surface area contributed by atoms with Gasteiger partial charge in [0, 0.05) is 5.69 Å². The van der Waals surface area contributed by atoms with Crippen molar-refractivity contribution in [1.29, 1.82) is 0 Å². The Morgan fingerprint density at radius 2 is 1.87 bits per heavy atom. The van der Waals surface area contributed by atoms with Crippen LogP contribution < -0.4 is 5.32 Å². The third kappa shape index (κ3) is 4.32. The van der Waals surface area contributed by atoms with Crippen LogP contribution in [-0.2, 0) is 9.53 Å². The Labute approximate surface area is 134 Å². The van der Waals surface area contributed by atoms with Crippen LogP contribution in [0.4, 0.5) is 5.69 Å². The van der Waals surface area contributed by atoms with Gasteiger partial charge in [0.25, 0.3) is 5.91 Å². The van der Waals surface area contributed by atoms with E-state index in [1.165, 1.54) is 12.1 Å². The van der Waals surface area contributed by atoms with Gasteiger partial charge in [-0.2, -0.15) is 0 Å². The molecule has 5 nitrogen and oxygen atoms in total. The lowest BCUT2D eigenvalue weighted by molar-refractivity contribution is -0.124. The van der Waals surface area contributed by atoms with Crippen molar-refractivity contribution >= 4 is 17.6 Å². The molecule has 5 heteroatoms. The fourth-order valence-electron chi connectivity index (χ4n) is 2.07. The van der Waals surface area contributed by atoms with Gasteiger partial charge < -0.3 is 15.2 Å². The van der Waals surface area contributed by atoms with Gasteiger partial charge >= 0.3 is 5.97 Å². The number of benzene rings is 2. The molecule has 2 rings (SSSR count). The lowest BCUT2D eigenvalue weighted by Gasteiger charge is -2.16. The van der Waals surface area contributed by atoms with Crippen LogP contribution in [0.5, 0.6) is 5.75 Å². The second kappa shape index (κ2) is 7.45. The third-order valence-electron chi connectivity index (χ3n) is 3.33. The molecule has 0 spiro atoms. The van der Waals surface area contributed by atoms with Gasteiger partial charge in [-0.05, 0) is 37.6 Å². The van der Waals surface area contributed by atoms with Crippen molar-refractivity contribution in [3.63, 3.8) is 0 Å². The van der Waals surface area contributed by atoms with Crippen molar-refractivity contribution in [1.82, 2.24) is 0 Å². The van der Waals surface area contributed by atoms with E-state index in [2.05, 4.69) is 5.32 Å². The number of phenolic OH excluding ortho intramolecular Hbond substituents is 1. The molecule has 0 aliphatic rings. The van der Waals surface area contributed by atoms with Crippen LogP contribution in [0.15, 0.2) is 48.5 Å². The maximum Gasteiger partial charge on any atom is 0.342 e. The number of amides is 1. The first kappa shape index (κ1) is 16.5. The van der Waals surface area contributed by atoms with E-state index in [1.807, 2.05) is 6.07 Å². The van der Waals surface area contributed by atoms with E-state index in [0.717, 1.165) is 5.56 Å². The topological polar surface area (TPSA) is 75.6 Å². The van der Waals surface area contributed by atoms with Crippen LogP contribution in [0.3, 0.4) is 0 Å². The number of nitrogens with one attached hydrogen (secondary N) is 1. The maximum absolute atomic E-state index is 12.2. The normalized spacial score (nSPS) is 11.6. The van der Waals surface area contributed by atoms with Crippen LogP contribution in [0.1, 0.15) is 29.3 Å². The van der Waals surface area contributed by atoms with Crippen LogP contribution in [0, 0.1) is 6.92 Å². The van der Waals surface area contributed by atoms with E-state index in [1.54, 1.807) is 44.2 Å². The zero-order valence-corrected chi connectivity index (χ0v) is 13.1. The highest BCUT2D eigenvalue weighted by Gasteiger charge is 2.23. The number of anilines is 1. The van der Waals surface area contributed by atoms with Crippen LogP contribution in [0.2, 0.25) is 0 Å². The van der Waals surface area contributed by atoms with Crippen molar-refractivity contribution in [3.8, 4) is 5.75 Å². The summed E-state index contributed by atoms with van der Waals surface area (Å²) >= 11 is 0. The summed E-state index contributed by atoms with van der Waals surface area (Å²) in [5.41, 5.74) is 1.50. The summed E-state index contributed by atoms with van der Waals surface area (Å²) in [5.74, 6) is -1.29. The summed E-state index contributed by atoms with van der Waals surface area (Å²) in [4.78, 5) is 24.4. The molecule has 0 radical (unpaired) electrons. The number of rotatable bonds is 5. The molecule has 1 unspecified atom stereocenters. The summed E-state index contributed by atoms with van der Waals surface area (Å²) in [6, 6.07) is 13.6. The van der Waals surface area contributed by atoms with E-state index in [0.29, 0.717) is 12.1 Å². The number of hydrogen-bond acceptors (Lipinski definition) is 4. The molecule has 0 heterocycles. The molecular formula is C18H19NO4. The number of aromatic hydroxyl groups is 1. The van der Waals surface area contributed by atoms with Gasteiger partial charge in [0.1, 0.15) is 11.3 Å². The Hall–Kier alpha value is -2.82. The molecule has 0 aliphatic heterocycles. The molecule has 2 aromatic carbocycles. The van der Waals surface area contributed by atoms with Crippen molar-refractivity contribution in [2.45, 2.75) is 26.4 Å². The standard InChI is InChI=1S/C18H19NO4/c1-3-16(17(21)19-13-7-5-4-6-8-13)23-18(22)14-11-12(2)9-10-15(14)20/h4-11,16,20H,3H2,1-2H3,(H,19,21). The number of carbonyl (C=O) groups is 2. The van der Waals surface area contributed by atoms with Gasteiger partial charge in [0.15, 0.2) is 6.10 Å². The second-order valence-electron chi connectivity index (χ2n) is 5.18. The van der Waals surface area contributed by atoms with E-state index < -0.39 is 18.0 Å². The molecular weight excluding hydrogens is 294 g/mol. The van der Waals surface area contributed by atoms with E-state index in [9.17, 15) is 14.7 Å². The Balaban J connectivity index is 2.08. The Morgan fingerprint density at radius 1 is 1.17 bits per heavy atom. The molecule has 1 amide bonds. The summed E-state index contributed by atoms with van der Waals surface area (Å²) in [6.07, 6.45) is -0.598. The molecule has 0 aliphatic carbocycles. The zero-order chi connectivity index (χ0) is 16.8. The van der Waals surface area contributed by atoms with Crippen molar-refractivity contribution in [3.05, 3.63) is 59.7 Å². The first-order chi connectivity index (χ1) is 11.0. The quantitative estimate of drug-likeness (QED) is 0.831. The van der Waals surface area contributed by atoms with E-state index in [-0.39, 0.29) is 11.3 Å². The summed E-state index contributed by atoms with van der Waals surface area (Å²) in [7, 11) is 0. The number of aryl methyl sites for hydroxylation is 1. The van der Waals surface area contributed by atoms with Gasteiger partial charge in [-0.3, -0.25) is 4.79 Å². The first-order valence-corrected chi connectivity index (χ1v) is 7.37. The van der Waals surface area contributed by atoms with Gasteiger partial charge in [0.2, 0.25) is 0 Å². The van der Waals surface area contributed by atoms with Gasteiger partial charge in [-0.1, -0.05) is 36.8 Å². The number of esters is 1. The van der Waals surface area contributed by atoms with Gasteiger partial charge in [-0.15, -0.1) is 0 Å². The molecule has 0 fully saturated rings. The average Bonchev–Trinajstić information content (AvgIpc) is 2.55. The largest absolute Gasteiger partial charge is 0.507 e. The fourth-order valence-corrected chi connectivity index (χ4v) is 2.07.